The number of piperazine rings is 1. The normalized spacial score (nSPS) is 16.1. The van der Waals surface area contributed by atoms with Crippen LogP contribution in [0.1, 0.15) is 17.0 Å². The van der Waals surface area contributed by atoms with E-state index in [9.17, 15) is 0 Å². The van der Waals surface area contributed by atoms with Crippen LogP contribution in [0.2, 0.25) is 0 Å². The first-order valence-electron chi connectivity index (χ1n) is 12.0. The molecule has 4 aromatic rings. The van der Waals surface area contributed by atoms with Crippen molar-refractivity contribution >= 4 is 11.0 Å². The van der Waals surface area contributed by atoms with Crippen LogP contribution in [0.5, 0.6) is 17.2 Å². The molecule has 0 atom stereocenters. The van der Waals surface area contributed by atoms with Crippen molar-refractivity contribution in [3.8, 4) is 17.2 Å². The number of imidazole rings is 1. The highest BCUT2D eigenvalue weighted by atomic mass is 16.7. The van der Waals surface area contributed by atoms with Gasteiger partial charge >= 0.3 is 0 Å². The quantitative estimate of drug-likeness (QED) is 0.409. The fourth-order valence-corrected chi connectivity index (χ4v) is 4.92. The molecule has 6 rings (SSSR count). The molecule has 2 aliphatic heterocycles. The van der Waals surface area contributed by atoms with Crippen LogP contribution in [0.4, 0.5) is 0 Å². The molecule has 0 amide bonds. The number of benzene rings is 2. The first-order chi connectivity index (χ1) is 17.3. The molecule has 2 aromatic carbocycles. The molecular weight excluding hydrogens is 442 g/mol. The second-order valence-electron chi connectivity index (χ2n) is 9.03. The van der Waals surface area contributed by atoms with Gasteiger partial charge in [0.1, 0.15) is 11.6 Å². The molecule has 180 valence electrons. The molecule has 35 heavy (non-hydrogen) atoms. The van der Waals surface area contributed by atoms with Gasteiger partial charge in [0, 0.05) is 44.5 Å². The van der Waals surface area contributed by atoms with Crippen LogP contribution in [-0.4, -0.2) is 64.4 Å². The lowest BCUT2D eigenvalue weighted by Gasteiger charge is -2.34. The molecule has 0 bridgehead atoms. The summed E-state index contributed by atoms with van der Waals surface area (Å²) in [7, 11) is 1.72. The molecule has 8 heteroatoms. The molecular formula is C27H29N5O3. The molecule has 0 unspecified atom stereocenters. The molecule has 2 aliphatic rings. The Bertz CT molecular complexity index is 1330. The zero-order valence-corrected chi connectivity index (χ0v) is 19.9. The van der Waals surface area contributed by atoms with Gasteiger partial charge in [0.25, 0.3) is 0 Å². The average molecular weight is 472 g/mol. The Morgan fingerprint density at radius 3 is 2.54 bits per heavy atom. The second kappa shape index (κ2) is 9.56. The van der Waals surface area contributed by atoms with Gasteiger partial charge in [-0.05, 0) is 29.8 Å². The summed E-state index contributed by atoms with van der Waals surface area (Å²) >= 11 is 0. The molecule has 1 saturated heterocycles. The van der Waals surface area contributed by atoms with Crippen molar-refractivity contribution in [2.75, 3.05) is 40.1 Å². The Morgan fingerprint density at radius 1 is 0.886 bits per heavy atom. The maximum Gasteiger partial charge on any atom is 0.231 e. The maximum atomic E-state index is 5.60. The minimum absolute atomic E-state index is 0.315. The van der Waals surface area contributed by atoms with Crippen molar-refractivity contribution < 1.29 is 14.2 Å². The number of rotatable bonds is 7. The molecule has 0 spiro atoms. The lowest BCUT2D eigenvalue weighted by molar-refractivity contribution is 0.119. The van der Waals surface area contributed by atoms with Gasteiger partial charge in [0.15, 0.2) is 11.5 Å². The summed E-state index contributed by atoms with van der Waals surface area (Å²) in [5, 5.41) is 0. The number of methoxy groups -OCH3 is 1. The molecule has 8 nitrogen and oxygen atoms in total. The Hall–Kier alpha value is -3.62. The zero-order chi connectivity index (χ0) is 23.6. The first-order valence-corrected chi connectivity index (χ1v) is 12.0. The van der Waals surface area contributed by atoms with Crippen LogP contribution in [0.25, 0.3) is 11.0 Å². The third-order valence-corrected chi connectivity index (χ3v) is 6.82. The smallest absolute Gasteiger partial charge is 0.231 e. The number of pyridine rings is 1. The highest BCUT2D eigenvalue weighted by molar-refractivity contribution is 5.74. The van der Waals surface area contributed by atoms with Gasteiger partial charge in [0.2, 0.25) is 6.79 Å². The standard InChI is InChI=1S/C27H29N5O3/c1-33-24-5-3-2-4-21(24)17-32-23-15-28-9-8-22(23)29-27(32)18-31-12-10-30(11-13-31)16-20-6-7-25-26(14-20)35-19-34-25/h2-9,14-15H,10-13,16-19H2,1H3. The van der Waals surface area contributed by atoms with Crippen molar-refractivity contribution in [1.29, 1.82) is 0 Å². The van der Waals surface area contributed by atoms with Gasteiger partial charge in [-0.3, -0.25) is 14.8 Å². The minimum atomic E-state index is 0.315. The van der Waals surface area contributed by atoms with E-state index in [0.717, 1.165) is 78.9 Å². The van der Waals surface area contributed by atoms with E-state index in [2.05, 4.69) is 37.5 Å². The van der Waals surface area contributed by atoms with Crippen LogP contribution < -0.4 is 14.2 Å². The Morgan fingerprint density at radius 2 is 1.69 bits per heavy atom. The van der Waals surface area contributed by atoms with Crippen LogP contribution in [0.3, 0.4) is 0 Å². The van der Waals surface area contributed by atoms with Crippen LogP contribution in [0, 0.1) is 0 Å². The monoisotopic (exact) mass is 471 g/mol. The van der Waals surface area contributed by atoms with E-state index >= 15 is 0 Å². The van der Waals surface area contributed by atoms with Crippen LogP contribution in [0.15, 0.2) is 60.9 Å². The van der Waals surface area contributed by atoms with E-state index in [4.69, 9.17) is 19.2 Å². The molecule has 0 aliphatic carbocycles. The van der Waals surface area contributed by atoms with Crippen molar-refractivity contribution in [2.24, 2.45) is 0 Å². The topological polar surface area (TPSA) is 64.9 Å². The third kappa shape index (κ3) is 4.54. The van der Waals surface area contributed by atoms with Crippen molar-refractivity contribution in [3.05, 3.63) is 77.9 Å². The van der Waals surface area contributed by atoms with Gasteiger partial charge in [-0.2, -0.15) is 0 Å². The number of nitrogens with zero attached hydrogens (tertiary/aromatic N) is 5. The van der Waals surface area contributed by atoms with Gasteiger partial charge in [0.05, 0.1) is 37.4 Å². The van der Waals surface area contributed by atoms with Crippen LogP contribution >= 0.6 is 0 Å². The molecule has 0 saturated carbocycles. The predicted molar refractivity (Wildman–Crippen MR) is 133 cm³/mol. The predicted octanol–water partition coefficient (Wildman–Crippen LogP) is 3.53. The Labute approximate surface area is 204 Å². The largest absolute Gasteiger partial charge is 0.496 e. The summed E-state index contributed by atoms with van der Waals surface area (Å²) in [4.78, 5) is 14.3. The van der Waals surface area contributed by atoms with E-state index in [1.165, 1.54) is 5.56 Å². The average Bonchev–Trinajstić information content (AvgIpc) is 3.50. The number of ether oxygens (including phenoxy) is 3. The number of para-hydroxylation sites is 1. The van der Waals surface area contributed by atoms with Gasteiger partial charge < -0.3 is 18.8 Å². The summed E-state index contributed by atoms with van der Waals surface area (Å²) in [6, 6.07) is 16.4. The van der Waals surface area contributed by atoms with E-state index < -0.39 is 0 Å². The van der Waals surface area contributed by atoms with Gasteiger partial charge in [-0.15, -0.1) is 0 Å². The van der Waals surface area contributed by atoms with E-state index in [1.54, 1.807) is 7.11 Å². The van der Waals surface area contributed by atoms with Crippen molar-refractivity contribution in [3.63, 3.8) is 0 Å². The summed E-state index contributed by atoms with van der Waals surface area (Å²) in [5.41, 5.74) is 4.42. The SMILES string of the molecule is COc1ccccc1Cn1c(CN2CCN(Cc3ccc4c(c3)OCO4)CC2)nc2ccncc21. The second-order valence-corrected chi connectivity index (χ2v) is 9.03. The highest BCUT2D eigenvalue weighted by Crippen LogP contribution is 2.33. The number of aromatic nitrogens is 3. The summed E-state index contributed by atoms with van der Waals surface area (Å²) in [6.45, 7) is 6.78. The molecule has 0 radical (unpaired) electrons. The van der Waals surface area contributed by atoms with Crippen LogP contribution in [-0.2, 0) is 19.6 Å². The fourth-order valence-electron chi connectivity index (χ4n) is 4.92. The van der Waals surface area contributed by atoms with Crippen molar-refractivity contribution in [2.45, 2.75) is 19.6 Å². The summed E-state index contributed by atoms with van der Waals surface area (Å²) in [6.07, 6.45) is 3.71. The molecule has 4 heterocycles. The number of hydrogen-bond donors (Lipinski definition) is 0. The minimum Gasteiger partial charge on any atom is -0.496 e. The van der Waals surface area contributed by atoms with E-state index in [-0.39, 0.29) is 0 Å². The lowest BCUT2D eigenvalue weighted by Crippen LogP contribution is -2.45. The molecule has 0 N–H and O–H groups in total. The Balaban J connectivity index is 1.15. The summed E-state index contributed by atoms with van der Waals surface area (Å²) in [5.74, 6) is 3.64. The number of hydrogen-bond acceptors (Lipinski definition) is 7. The van der Waals surface area contributed by atoms with E-state index in [0.29, 0.717) is 13.3 Å². The van der Waals surface area contributed by atoms with Crippen molar-refractivity contribution in [1.82, 2.24) is 24.3 Å². The molecule has 1 fully saturated rings. The molecule has 2 aromatic heterocycles. The maximum absolute atomic E-state index is 5.60. The van der Waals surface area contributed by atoms with Gasteiger partial charge in [-0.25, -0.2) is 4.98 Å². The third-order valence-electron chi connectivity index (χ3n) is 6.82. The lowest BCUT2D eigenvalue weighted by atomic mass is 10.1. The zero-order valence-electron chi connectivity index (χ0n) is 19.9. The first kappa shape index (κ1) is 21.9. The fraction of sp³-hybridized carbons (Fsp3) is 0.333. The highest BCUT2D eigenvalue weighted by Gasteiger charge is 2.22. The summed E-state index contributed by atoms with van der Waals surface area (Å²) < 4.78 is 18.8. The van der Waals surface area contributed by atoms with E-state index in [1.807, 2.05) is 42.7 Å². The van der Waals surface area contributed by atoms with Gasteiger partial charge in [-0.1, -0.05) is 24.3 Å². The Kier molecular flexibility index (Phi) is 5.98. The number of fused-ring (bicyclic) bond motifs is 2.